The zero-order valence-corrected chi connectivity index (χ0v) is 16.1. The van der Waals surface area contributed by atoms with Gasteiger partial charge in [0, 0.05) is 28.1 Å². The first kappa shape index (κ1) is 17.5. The number of benzene rings is 1. The molecular formula is C20H20FN3S2. The number of hydrogen-bond donors (Lipinski definition) is 0. The average Bonchev–Trinajstić information content (AvgIpc) is 3.24. The molecule has 0 fully saturated rings. The van der Waals surface area contributed by atoms with E-state index in [9.17, 15) is 4.39 Å². The van der Waals surface area contributed by atoms with Gasteiger partial charge in [0.25, 0.3) is 0 Å². The number of thioether (sulfide) groups is 1. The number of fused-ring (bicyclic) bond motifs is 1. The maximum atomic E-state index is 13.4. The summed E-state index contributed by atoms with van der Waals surface area (Å²) in [7, 11) is 0. The lowest BCUT2D eigenvalue weighted by molar-refractivity contribution is 0.626. The average molecular weight is 386 g/mol. The maximum Gasteiger partial charge on any atom is 0.192 e. The molecule has 3 nitrogen and oxygen atoms in total. The number of hydrogen-bond acceptors (Lipinski definition) is 4. The normalized spacial score (nSPS) is 13.6. The van der Waals surface area contributed by atoms with Crippen molar-refractivity contribution >= 4 is 23.1 Å². The van der Waals surface area contributed by atoms with Gasteiger partial charge in [0.2, 0.25) is 0 Å². The molecule has 3 aromatic rings. The third kappa shape index (κ3) is 3.48. The molecule has 134 valence electrons. The van der Waals surface area contributed by atoms with Crippen LogP contribution in [0.4, 0.5) is 4.39 Å². The molecule has 0 unspecified atom stereocenters. The van der Waals surface area contributed by atoms with Gasteiger partial charge in [-0.2, -0.15) is 0 Å². The molecule has 1 aromatic carbocycles. The first-order chi connectivity index (χ1) is 12.8. The molecule has 4 rings (SSSR count). The summed E-state index contributed by atoms with van der Waals surface area (Å²) in [6.45, 7) is 4.55. The molecule has 0 saturated carbocycles. The second-order valence-corrected chi connectivity index (χ2v) is 8.29. The van der Waals surface area contributed by atoms with Crippen LogP contribution in [0.3, 0.4) is 0 Å². The fourth-order valence-corrected chi connectivity index (χ4v) is 5.36. The summed E-state index contributed by atoms with van der Waals surface area (Å²) in [5.41, 5.74) is 3.61. The third-order valence-corrected chi connectivity index (χ3v) is 6.71. The van der Waals surface area contributed by atoms with Gasteiger partial charge in [0.15, 0.2) is 11.0 Å². The molecule has 0 N–H and O–H groups in total. The summed E-state index contributed by atoms with van der Waals surface area (Å²) in [4.78, 5) is 1.49. The lowest BCUT2D eigenvalue weighted by atomic mass is 9.95. The Bertz CT molecular complexity index is 929. The van der Waals surface area contributed by atoms with Crippen LogP contribution in [-0.2, 0) is 25.1 Å². The molecule has 0 aliphatic heterocycles. The van der Waals surface area contributed by atoms with Gasteiger partial charge in [-0.25, -0.2) is 4.39 Å². The van der Waals surface area contributed by atoms with Gasteiger partial charge < -0.3 is 0 Å². The van der Waals surface area contributed by atoms with Crippen LogP contribution in [0.25, 0.3) is 11.4 Å². The Kier molecular flexibility index (Phi) is 5.22. The highest BCUT2D eigenvalue weighted by atomic mass is 32.2. The summed E-state index contributed by atoms with van der Waals surface area (Å²) < 4.78 is 15.5. The Labute approximate surface area is 161 Å². The molecule has 1 aliphatic rings. The third-order valence-electron chi connectivity index (χ3n) is 4.59. The number of rotatable bonds is 6. The summed E-state index contributed by atoms with van der Waals surface area (Å²) in [6.07, 6.45) is 6.70. The van der Waals surface area contributed by atoms with Crippen LogP contribution in [0.1, 0.15) is 28.8 Å². The van der Waals surface area contributed by atoms with E-state index in [1.54, 1.807) is 23.9 Å². The topological polar surface area (TPSA) is 30.7 Å². The Morgan fingerprint density at radius 3 is 3.00 bits per heavy atom. The summed E-state index contributed by atoms with van der Waals surface area (Å²) in [5.74, 6) is 1.38. The molecule has 2 heterocycles. The van der Waals surface area contributed by atoms with Crippen molar-refractivity contribution in [2.45, 2.75) is 43.1 Å². The van der Waals surface area contributed by atoms with Gasteiger partial charge >= 0.3 is 0 Å². The highest BCUT2D eigenvalue weighted by molar-refractivity contribution is 7.98. The number of thiophene rings is 1. The molecule has 0 radical (unpaired) electrons. The van der Waals surface area contributed by atoms with Crippen molar-refractivity contribution in [2.75, 3.05) is 0 Å². The zero-order valence-electron chi connectivity index (χ0n) is 14.4. The van der Waals surface area contributed by atoms with Crippen LogP contribution in [0.15, 0.2) is 47.5 Å². The minimum absolute atomic E-state index is 0.207. The molecule has 2 aromatic heterocycles. The second-order valence-electron chi connectivity index (χ2n) is 6.38. The minimum Gasteiger partial charge on any atom is -0.298 e. The van der Waals surface area contributed by atoms with Gasteiger partial charge in [-0.3, -0.25) is 4.57 Å². The van der Waals surface area contributed by atoms with E-state index >= 15 is 0 Å². The predicted octanol–water partition coefficient (Wildman–Crippen LogP) is 5.50. The fourth-order valence-electron chi connectivity index (χ4n) is 3.34. The van der Waals surface area contributed by atoms with Crippen molar-refractivity contribution < 1.29 is 4.39 Å². The van der Waals surface area contributed by atoms with Crippen molar-refractivity contribution in [3.05, 3.63) is 64.1 Å². The number of aryl methyl sites for hydroxylation is 1. The van der Waals surface area contributed by atoms with Gasteiger partial charge in [-0.05, 0) is 48.9 Å². The zero-order chi connectivity index (χ0) is 17.9. The number of halogens is 1. The lowest BCUT2D eigenvalue weighted by Gasteiger charge is -2.13. The quantitative estimate of drug-likeness (QED) is 0.414. The van der Waals surface area contributed by atoms with Crippen LogP contribution in [0, 0.1) is 5.82 Å². The molecule has 0 spiro atoms. The van der Waals surface area contributed by atoms with Gasteiger partial charge in [-0.15, -0.1) is 28.1 Å². The van der Waals surface area contributed by atoms with E-state index in [0.717, 1.165) is 23.0 Å². The summed E-state index contributed by atoms with van der Waals surface area (Å²) in [6, 6.07) is 6.70. The van der Waals surface area contributed by atoms with Gasteiger partial charge in [0.1, 0.15) is 5.82 Å². The smallest absolute Gasteiger partial charge is 0.192 e. The van der Waals surface area contributed by atoms with Crippen LogP contribution in [-0.4, -0.2) is 14.8 Å². The molecule has 0 atom stereocenters. The van der Waals surface area contributed by atoms with E-state index in [-0.39, 0.29) is 5.82 Å². The molecule has 6 heteroatoms. The number of allylic oxidation sites excluding steroid dienone is 1. The highest BCUT2D eigenvalue weighted by Crippen LogP contribution is 2.37. The molecule has 0 bridgehead atoms. The van der Waals surface area contributed by atoms with Crippen LogP contribution in [0.2, 0.25) is 0 Å². The maximum absolute atomic E-state index is 13.4. The van der Waals surface area contributed by atoms with E-state index in [1.165, 1.54) is 41.3 Å². The first-order valence-corrected chi connectivity index (χ1v) is 10.6. The van der Waals surface area contributed by atoms with E-state index < -0.39 is 0 Å². The largest absolute Gasteiger partial charge is 0.298 e. The Hall–Kier alpha value is -1.92. The molecule has 0 amide bonds. The summed E-state index contributed by atoms with van der Waals surface area (Å²) >= 11 is 3.42. The Morgan fingerprint density at radius 1 is 1.27 bits per heavy atom. The standard InChI is InChI=1S/C20H20FN3S2/c1-2-10-24-19(17-13-25-18-9-4-3-8-16(17)18)22-23-20(24)26-12-14-6-5-7-15(21)11-14/h2,5-7,11,13H,1,3-4,8-10,12H2. The van der Waals surface area contributed by atoms with Crippen LogP contribution in [0.5, 0.6) is 0 Å². The Balaban J connectivity index is 1.63. The number of nitrogens with zero attached hydrogens (tertiary/aromatic N) is 3. The molecular weight excluding hydrogens is 365 g/mol. The molecule has 0 saturated heterocycles. The van der Waals surface area contributed by atoms with Crippen molar-refractivity contribution in [1.29, 1.82) is 0 Å². The van der Waals surface area contributed by atoms with Crippen molar-refractivity contribution in [2.24, 2.45) is 0 Å². The minimum atomic E-state index is -0.207. The van der Waals surface area contributed by atoms with Crippen molar-refractivity contribution in [1.82, 2.24) is 14.8 Å². The van der Waals surface area contributed by atoms with E-state index in [0.29, 0.717) is 12.3 Å². The fraction of sp³-hybridized carbons (Fsp3) is 0.300. The van der Waals surface area contributed by atoms with Crippen LogP contribution >= 0.6 is 23.1 Å². The molecule has 1 aliphatic carbocycles. The SMILES string of the molecule is C=CCn1c(SCc2cccc(F)c2)nnc1-c1csc2c1CCCC2. The van der Waals surface area contributed by atoms with E-state index in [1.807, 2.05) is 23.5 Å². The Morgan fingerprint density at radius 2 is 2.15 bits per heavy atom. The van der Waals surface area contributed by atoms with E-state index in [4.69, 9.17) is 0 Å². The van der Waals surface area contributed by atoms with Crippen LogP contribution < -0.4 is 0 Å². The number of aromatic nitrogens is 3. The van der Waals surface area contributed by atoms with Gasteiger partial charge in [-0.1, -0.05) is 30.0 Å². The molecule has 26 heavy (non-hydrogen) atoms. The van der Waals surface area contributed by atoms with Gasteiger partial charge in [0.05, 0.1) is 0 Å². The van der Waals surface area contributed by atoms with Crippen molar-refractivity contribution in [3.63, 3.8) is 0 Å². The first-order valence-electron chi connectivity index (χ1n) is 8.77. The summed E-state index contributed by atoms with van der Waals surface area (Å²) in [5, 5.41) is 12.0. The monoisotopic (exact) mass is 385 g/mol. The predicted molar refractivity (Wildman–Crippen MR) is 106 cm³/mol. The lowest BCUT2D eigenvalue weighted by Crippen LogP contribution is -2.04. The van der Waals surface area contributed by atoms with Crippen molar-refractivity contribution in [3.8, 4) is 11.4 Å². The second kappa shape index (κ2) is 7.76. The van der Waals surface area contributed by atoms with E-state index in [2.05, 4.69) is 26.7 Å². The highest BCUT2D eigenvalue weighted by Gasteiger charge is 2.21.